The summed E-state index contributed by atoms with van der Waals surface area (Å²) < 4.78 is 29.2. The molecule has 108 valence electrons. The number of sulfone groups is 1. The molecular weight excluding hydrogens is 262 g/mol. The predicted molar refractivity (Wildman–Crippen MR) is 78.5 cm³/mol. The maximum atomic E-state index is 11.8. The first kappa shape index (κ1) is 16.0. The third kappa shape index (κ3) is 3.94. The molecule has 0 amide bonds. The van der Waals surface area contributed by atoms with E-state index in [-0.39, 0.29) is 6.04 Å². The van der Waals surface area contributed by atoms with E-state index in [4.69, 9.17) is 4.74 Å². The average Bonchev–Trinajstić information content (AvgIpc) is 2.32. The van der Waals surface area contributed by atoms with Gasteiger partial charge in [-0.1, -0.05) is 17.7 Å². The smallest absolute Gasteiger partial charge is 0.151 e. The molecule has 0 aliphatic rings. The molecule has 0 fully saturated rings. The molecule has 0 saturated heterocycles. The molecule has 0 aliphatic carbocycles. The normalized spacial score (nSPS) is 15.0. The van der Waals surface area contributed by atoms with Gasteiger partial charge >= 0.3 is 0 Å². The van der Waals surface area contributed by atoms with Gasteiger partial charge in [0.15, 0.2) is 9.84 Å². The minimum Gasteiger partial charge on any atom is -0.494 e. The van der Waals surface area contributed by atoms with E-state index in [1.54, 1.807) is 14.0 Å². The molecule has 0 spiro atoms. The van der Waals surface area contributed by atoms with Crippen LogP contribution in [-0.2, 0) is 9.84 Å². The topological polar surface area (TPSA) is 55.4 Å². The van der Waals surface area contributed by atoms with Gasteiger partial charge in [-0.2, -0.15) is 0 Å². The van der Waals surface area contributed by atoms with Gasteiger partial charge in [-0.25, -0.2) is 8.42 Å². The third-order valence-corrected chi connectivity index (χ3v) is 4.88. The van der Waals surface area contributed by atoms with Crippen LogP contribution in [0, 0.1) is 6.92 Å². The van der Waals surface area contributed by atoms with Crippen molar-refractivity contribution in [3.63, 3.8) is 0 Å². The molecule has 2 unspecified atom stereocenters. The standard InChI is InChI=1S/C14H23NO3S/c1-6-18-13-8-7-10(2)9-12(13)14(15-4)11(3)19(5,16)17/h7-9,11,14-15H,6H2,1-5H3. The van der Waals surface area contributed by atoms with Crippen molar-refractivity contribution in [2.24, 2.45) is 0 Å². The molecule has 1 rings (SSSR count). The lowest BCUT2D eigenvalue weighted by Gasteiger charge is -2.25. The molecule has 0 aromatic heterocycles. The fourth-order valence-electron chi connectivity index (χ4n) is 2.09. The molecule has 1 N–H and O–H groups in total. The summed E-state index contributed by atoms with van der Waals surface area (Å²) >= 11 is 0. The molecule has 0 bridgehead atoms. The monoisotopic (exact) mass is 285 g/mol. The summed E-state index contributed by atoms with van der Waals surface area (Å²) in [5, 5.41) is 2.58. The van der Waals surface area contributed by atoms with Gasteiger partial charge in [-0.15, -0.1) is 0 Å². The van der Waals surface area contributed by atoms with Crippen LogP contribution >= 0.6 is 0 Å². The van der Waals surface area contributed by atoms with Crippen LogP contribution in [0.4, 0.5) is 0 Å². The zero-order valence-electron chi connectivity index (χ0n) is 12.2. The summed E-state index contributed by atoms with van der Waals surface area (Å²) in [6, 6.07) is 5.56. The van der Waals surface area contributed by atoms with E-state index in [1.807, 2.05) is 32.0 Å². The summed E-state index contributed by atoms with van der Waals surface area (Å²) in [6.45, 7) is 6.17. The van der Waals surface area contributed by atoms with E-state index < -0.39 is 15.1 Å². The molecule has 0 radical (unpaired) electrons. The van der Waals surface area contributed by atoms with Crippen LogP contribution in [0.2, 0.25) is 0 Å². The lowest BCUT2D eigenvalue weighted by molar-refractivity contribution is 0.331. The molecule has 0 aliphatic heterocycles. The van der Waals surface area contributed by atoms with Crippen molar-refractivity contribution in [2.75, 3.05) is 19.9 Å². The van der Waals surface area contributed by atoms with Gasteiger partial charge in [0, 0.05) is 11.8 Å². The Labute approximate surface area is 116 Å². The van der Waals surface area contributed by atoms with Crippen LogP contribution in [0.1, 0.15) is 31.0 Å². The lowest BCUT2D eigenvalue weighted by atomic mass is 10.0. The van der Waals surface area contributed by atoms with Gasteiger partial charge < -0.3 is 10.1 Å². The minimum atomic E-state index is -3.12. The number of ether oxygens (including phenoxy) is 1. The van der Waals surface area contributed by atoms with E-state index in [0.717, 1.165) is 16.9 Å². The quantitative estimate of drug-likeness (QED) is 0.869. The SMILES string of the molecule is CCOc1ccc(C)cc1C(NC)C(C)S(C)(=O)=O. The van der Waals surface area contributed by atoms with Crippen LogP contribution in [-0.4, -0.2) is 33.6 Å². The van der Waals surface area contributed by atoms with Gasteiger partial charge in [-0.05, 0) is 33.9 Å². The zero-order chi connectivity index (χ0) is 14.6. The van der Waals surface area contributed by atoms with Crippen molar-refractivity contribution < 1.29 is 13.2 Å². The summed E-state index contributed by atoms with van der Waals surface area (Å²) in [5.74, 6) is 0.739. The molecule has 0 saturated carbocycles. The van der Waals surface area contributed by atoms with Gasteiger partial charge in [0.25, 0.3) is 0 Å². The van der Waals surface area contributed by atoms with Crippen LogP contribution in [0.15, 0.2) is 18.2 Å². The summed E-state index contributed by atoms with van der Waals surface area (Å²) in [5.41, 5.74) is 1.97. The first-order chi connectivity index (χ1) is 8.81. The van der Waals surface area contributed by atoms with E-state index >= 15 is 0 Å². The fraction of sp³-hybridized carbons (Fsp3) is 0.571. The summed E-state index contributed by atoms with van der Waals surface area (Å²) in [6.07, 6.45) is 1.26. The predicted octanol–water partition coefficient (Wildman–Crippen LogP) is 2.09. The molecule has 1 aromatic rings. The van der Waals surface area contributed by atoms with Gasteiger partial charge in [0.05, 0.1) is 17.9 Å². The Morgan fingerprint density at radius 1 is 1.37 bits per heavy atom. The van der Waals surface area contributed by atoms with E-state index in [0.29, 0.717) is 6.61 Å². The largest absolute Gasteiger partial charge is 0.494 e. The Hall–Kier alpha value is -1.07. The Balaban J connectivity index is 3.27. The molecular formula is C14H23NO3S. The van der Waals surface area contributed by atoms with Crippen molar-refractivity contribution in [3.8, 4) is 5.75 Å². The van der Waals surface area contributed by atoms with E-state index in [1.165, 1.54) is 6.26 Å². The highest BCUT2D eigenvalue weighted by Gasteiger charge is 2.28. The average molecular weight is 285 g/mol. The minimum absolute atomic E-state index is 0.281. The molecule has 2 atom stereocenters. The molecule has 4 nitrogen and oxygen atoms in total. The van der Waals surface area contributed by atoms with E-state index in [9.17, 15) is 8.42 Å². The molecule has 5 heteroatoms. The highest BCUT2D eigenvalue weighted by molar-refractivity contribution is 7.91. The van der Waals surface area contributed by atoms with Gasteiger partial charge in [0.2, 0.25) is 0 Å². The zero-order valence-corrected chi connectivity index (χ0v) is 13.0. The first-order valence-electron chi connectivity index (χ1n) is 6.40. The van der Waals surface area contributed by atoms with E-state index in [2.05, 4.69) is 5.32 Å². The number of nitrogens with one attached hydrogen (secondary N) is 1. The van der Waals surface area contributed by atoms with Crippen molar-refractivity contribution in [1.29, 1.82) is 0 Å². The number of rotatable bonds is 6. The van der Waals surface area contributed by atoms with Gasteiger partial charge in [-0.3, -0.25) is 0 Å². The second kappa shape index (κ2) is 6.39. The Kier molecular flexibility index (Phi) is 5.38. The number of hydrogen-bond acceptors (Lipinski definition) is 4. The number of aryl methyl sites for hydroxylation is 1. The third-order valence-electron chi connectivity index (χ3n) is 3.26. The van der Waals surface area contributed by atoms with Gasteiger partial charge in [0.1, 0.15) is 5.75 Å². The maximum absolute atomic E-state index is 11.8. The summed E-state index contributed by atoms with van der Waals surface area (Å²) in [7, 11) is -1.36. The van der Waals surface area contributed by atoms with Crippen molar-refractivity contribution in [1.82, 2.24) is 5.32 Å². The Morgan fingerprint density at radius 3 is 2.47 bits per heavy atom. The second-order valence-electron chi connectivity index (χ2n) is 4.78. The lowest BCUT2D eigenvalue weighted by Crippen LogP contribution is -2.33. The van der Waals surface area contributed by atoms with Crippen molar-refractivity contribution in [3.05, 3.63) is 29.3 Å². The van der Waals surface area contributed by atoms with Crippen LogP contribution in [0.3, 0.4) is 0 Å². The van der Waals surface area contributed by atoms with Crippen molar-refractivity contribution >= 4 is 9.84 Å². The van der Waals surface area contributed by atoms with Crippen LogP contribution in [0.5, 0.6) is 5.75 Å². The Morgan fingerprint density at radius 2 is 2.00 bits per heavy atom. The van der Waals surface area contributed by atoms with Crippen molar-refractivity contribution in [2.45, 2.75) is 32.1 Å². The highest BCUT2D eigenvalue weighted by Crippen LogP contribution is 2.30. The number of hydrogen-bond donors (Lipinski definition) is 1. The van der Waals surface area contributed by atoms with Crippen LogP contribution in [0.25, 0.3) is 0 Å². The molecule has 0 heterocycles. The Bertz CT molecular complexity index is 525. The number of benzene rings is 1. The molecule has 1 aromatic carbocycles. The fourth-order valence-corrected chi connectivity index (χ4v) is 2.87. The first-order valence-corrected chi connectivity index (χ1v) is 8.36. The highest BCUT2D eigenvalue weighted by atomic mass is 32.2. The second-order valence-corrected chi connectivity index (χ2v) is 7.18. The summed E-state index contributed by atoms with van der Waals surface area (Å²) in [4.78, 5) is 0. The maximum Gasteiger partial charge on any atom is 0.151 e. The van der Waals surface area contributed by atoms with Crippen LogP contribution < -0.4 is 10.1 Å². The molecule has 19 heavy (non-hydrogen) atoms.